The van der Waals surface area contributed by atoms with Crippen LogP contribution in [0.25, 0.3) is 0 Å². The van der Waals surface area contributed by atoms with E-state index in [0.717, 1.165) is 12.8 Å². The van der Waals surface area contributed by atoms with E-state index in [1.165, 1.54) is 0 Å². The van der Waals surface area contributed by atoms with E-state index in [-0.39, 0.29) is 11.9 Å². The lowest BCUT2D eigenvalue weighted by Crippen LogP contribution is -2.45. The summed E-state index contributed by atoms with van der Waals surface area (Å²) in [4.78, 5) is 11.8. The molecule has 0 aliphatic heterocycles. The highest BCUT2D eigenvalue weighted by Gasteiger charge is 2.25. The van der Waals surface area contributed by atoms with Crippen LogP contribution in [0.4, 0.5) is 0 Å². The first-order valence-corrected chi connectivity index (χ1v) is 7.52. The van der Waals surface area contributed by atoms with Gasteiger partial charge in [0, 0.05) is 28.1 Å². The summed E-state index contributed by atoms with van der Waals surface area (Å²) in [7, 11) is -1.22. The first-order chi connectivity index (χ1) is 7.67. The van der Waals surface area contributed by atoms with Gasteiger partial charge in [-0.2, -0.15) is 0 Å². The molecule has 3 unspecified atom stereocenters. The molecule has 17 heavy (non-hydrogen) atoms. The van der Waals surface area contributed by atoms with Gasteiger partial charge in [0.2, 0.25) is 5.91 Å². The molecule has 0 rings (SSSR count). The second-order valence-corrected chi connectivity index (χ2v) is 7.11. The molecule has 3 N–H and O–H groups in total. The second kappa shape index (κ2) is 7.11. The molecule has 0 bridgehead atoms. The number of nitrogens with one attached hydrogen (secondary N) is 1. The van der Waals surface area contributed by atoms with Crippen molar-refractivity contribution in [2.45, 2.75) is 64.3 Å². The molecule has 5 heteroatoms. The Morgan fingerprint density at radius 1 is 1.41 bits per heavy atom. The molecule has 3 atom stereocenters. The van der Waals surface area contributed by atoms with E-state index in [9.17, 15) is 9.00 Å². The number of nitrogens with two attached hydrogens (primary N) is 1. The lowest BCUT2D eigenvalue weighted by molar-refractivity contribution is -0.121. The number of hydrogen-bond donors (Lipinski definition) is 2. The normalized spacial score (nSPS) is 17.3. The number of hydrogen-bond acceptors (Lipinski definition) is 3. The standard InChI is InChI=1S/C12H26N2O2S/c1-6-7-9(2)14-11(15)10(3)17(16)8-12(4,5)13/h9-10H,6-8,13H2,1-5H3,(H,14,15). The third-order valence-electron chi connectivity index (χ3n) is 2.39. The number of rotatable bonds is 7. The van der Waals surface area contributed by atoms with Crippen molar-refractivity contribution in [3.8, 4) is 0 Å². The summed E-state index contributed by atoms with van der Waals surface area (Å²) in [6, 6.07) is 0.137. The summed E-state index contributed by atoms with van der Waals surface area (Å²) in [5, 5.41) is 2.37. The molecule has 102 valence electrons. The molecule has 0 saturated carbocycles. The molecule has 0 aromatic heterocycles. The van der Waals surface area contributed by atoms with Crippen molar-refractivity contribution in [2.75, 3.05) is 5.75 Å². The van der Waals surface area contributed by atoms with Gasteiger partial charge < -0.3 is 11.1 Å². The highest BCUT2D eigenvalue weighted by Crippen LogP contribution is 2.06. The largest absolute Gasteiger partial charge is 0.353 e. The number of carbonyl (C=O) groups excluding carboxylic acids is 1. The van der Waals surface area contributed by atoms with Crippen molar-refractivity contribution in [1.82, 2.24) is 5.32 Å². The van der Waals surface area contributed by atoms with Gasteiger partial charge in [-0.3, -0.25) is 9.00 Å². The SMILES string of the molecule is CCCC(C)NC(=O)C(C)S(=O)CC(C)(C)N. The van der Waals surface area contributed by atoms with E-state index in [2.05, 4.69) is 12.2 Å². The third kappa shape index (κ3) is 7.49. The van der Waals surface area contributed by atoms with Gasteiger partial charge >= 0.3 is 0 Å². The zero-order chi connectivity index (χ0) is 13.6. The number of carbonyl (C=O) groups is 1. The second-order valence-electron chi connectivity index (χ2n) is 5.35. The van der Waals surface area contributed by atoms with Gasteiger partial charge in [0.05, 0.1) is 0 Å². The Labute approximate surface area is 107 Å². The van der Waals surface area contributed by atoms with E-state index in [0.29, 0.717) is 5.75 Å². The van der Waals surface area contributed by atoms with Crippen molar-refractivity contribution in [1.29, 1.82) is 0 Å². The van der Waals surface area contributed by atoms with Gasteiger partial charge in [-0.1, -0.05) is 13.3 Å². The van der Waals surface area contributed by atoms with E-state index >= 15 is 0 Å². The maximum Gasteiger partial charge on any atom is 0.235 e. The van der Waals surface area contributed by atoms with Gasteiger partial charge in [0.15, 0.2) is 0 Å². The Bertz CT molecular complexity index is 274. The Morgan fingerprint density at radius 2 is 1.94 bits per heavy atom. The van der Waals surface area contributed by atoms with Crippen LogP contribution in [0.3, 0.4) is 0 Å². The molecule has 0 saturated heterocycles. The summed E-state index contributed by atoms with van der Waals surface area (Å²) in [6.45, 7) is 9.35. The molecule has 0 aliphatic rings. The lowest BCUT2D eigenvalue weighted by atomic mass is 10.1. The van der Waals surface area contributed by atoms with Gasteiger partial charge in [-0.25, -0.2) is 0 Å². The minimum atomic E-state index is -1.22. The Kier molecular flexibility index (Phi) is 6.94. The van der Waals surface area contributed by atoms with Crippen molar-refractivity contribution >= 4 is 16.7 Å². The fourth-order valence-corrected chi connectivity index (χ4v) is 2.77. The third-order valence-corrected chi connectivity index (χ3v) is 4.42. The van der Waals surface area contributed by atoms with Gasteiger partial charge in [-0.15, -0.1) is 0 Å². The average Bonchev–Trinajstić information content (AvgIpc) is 2.13. The first-order valence-electron chi connectivity index (χ1n) is 6.13. The van der Waals surface area contributed by atoms with Crippen molar-refractivity contribution in [2.24, 2.45) is 5.73 Å². The van der Waals surface area contributed by atoms with Crippen LogP contribution in [0.15, 0.2) is 0 Å². The van der Waals surface area contributed by atoms with E-state index in [4.69, 9.17) is 5.73 Å². The molecule has 1 amide bonds. The van der Waals surface area contributed by atoms with Crippen LogP contribution in [-0.2, 0) is 15.6 Å². The molecule has 0 radical (unpaired) electrons. The summed E-state index contributed by atoms with van der Waals surface area (Å²) in [6.07, 6.45) is 1.96. The molecule has 0 fully saturated rings. The molecule has 0 aliphatic carbocycles. The zero-order valence-corrected chi connectivity index (χ0v) is 12.4. The van der Waals surface area contributed by atoms with Crippen LogP contribution in [0, 0.1) is 0 Å². The maximum absolute atomic E-state index is 11.9. The van der Waals surface area contributed by atoms with E-state index in [1.807, 2.05) is 20.8 Å². The van der Waals surface area contributed by atoms with E-state index in [1.54, 1.807) is 6.92 Å². The molecule has 0 heterocycles. The molecule has 0 spiro atoms. The zero-order valence-electron chi connectivity index (χ0n) is 11.6. The van der Waals surface area contributed by atoms with Gasteiger partial charge in [0.1, 0.15) is 5.25 Å². The van der Waals surface area contributed by atoms with Crippen LogP contribution in [0.2, 0.25) is 0 Å². The molecular weight excluding hydrogens is 236 g/mol. The maximum atomic E-state index is 11.9. The van der Waals surface area contributed by atoms with Crippen LogP contribution in [-0.4, -0.2) is 32.7 Å². The summed E-state index contributed by atoms with van der Waals surface area (Å²) in [5.41, 5.74) is 5.29. The van der Waals surface area contributed by atoms with Crippen LogP contribution >= 0.6 is 0 Å². The van der Waals surface area contributed by atoms with Crippen LogP contribution in [0.1, 0.15) is 47.5 Å². The van der Waals surface area contributed by atoms with Crippen LogP contribution in [0.5, 0.6) is 0 Å². The van der Waals surface area contributed by atoms with Crippen molar-refractivity contribution in [3.05, 3.63) is 0 Å². The monoisotopic (exact) mass is 262 g/mol. The minimum absolute atomic E-state index is 0.137. The van der Waals surface area contributed by atoms with Crippen molar-refractivity contribution < 1.29 is 9.00 Å². The topological polar surface area (TPSA) is 72.2 Å². The number of amides is 1. The first kappa shape index (κ1) is 16.6. The van der Waals surface area contributed by atoms with Gasteiger partial charge in [-0.05, 0) is 34.1 Å². The average molecular weight is 262 g/mol. The predicted octanol–water partition coefficient (Wildman–Crippen LogP) is 1.17. The summed E-state index contributed by atoms with van der Waals surface area (Å²) in [5.74, 6) is 0.192. The molecule has 0 aromatic carbocycles. The summed E-state index contributed by atoms with van der Waals surface area (Å²) >= 11 is 0. The van der Waals surface area contributed by atoms with E-state index < -0.39 is 21.6 Å². The predicted molar refractivity (Wildman–Crippen MR) is 73.3 cm³/mol. The van der Waals surface area contributed by atoms with Crippen LogP contribution < -0.4 is 11.1 Å². The fourth-order valence-electron chi connectivity index (χ4n) is 1.48. The fraction of sp³-hybridized carbons (Fsp3) is 0.917. The van der Waals surface area contributed by atoms with Crippen molar-refractivity contribution in [3.63, 3.8) is 0 Å². The van der Waals surface area contributed by atoms with Gasteiger partial charge in [0.25, 0.3) is 0 Å². The smallest absolute Gasteiger partial charge is 0.235 e. The lowest BCUT2D eigenvalue weighted by Gasteiger charge is -2.21. The Hall–Kier alpha value is -0.420. The highest BCUT2D eigenvalue weighted by molar-refractivity contribution is 7.86. The minimum Gasteiger partial charge on any atom is -0.353 e. The summed E-state index contributed by atoms with van der Waals surface area (Å²) < 4.78 is 11.9. The Morgan fingerprint density at radius 3 is 2.35 bits per heavy atom. The quantitative estimate of drug-likeness (QED) is 0.723. The molecular formula is C12H26N2O2S. The Balaban J connectivity index is 4.26. The highest BCUT2D eigenvalue weighted by atomic mass is 32.2. The molecule has 0 aromatic rings. The molecule has 4 nitrogen and oxygen atoms in total.